The number of hydrogen-bond donors (Lipinski definition) is 0. The third-order valence-corrected chi connectivity index (χ3v) is 5.92. The first kappa shape index (κ1) is 17.9. The molecule has 0 saturated carbocycles. The molecule has 4 rings (SSSR count). The third-order valence-electron chi connectivity index (χ3n) is 4.55. The highest BCUT2D eigenvalue weighted by Crippen LogP contribution is 2.33. The Morgan fingerprint density at radius 1 is 1.30 bits per heavy atom. The number of aryl methyl sites for hydroxylation is 1. The Morgan fingerprint density at radius 2 is 2.11 bits per heavy atom. The summed E-state index contributed by atoms with van der Waals surface area (Å²) in [5.41, 5.74) is 2.92. The van der Waals surface area contributed by atoms with Gasteiger partial charge < -0.3 is 9.64 Å². The number of anilines is 1. The average Bonchev–Trinajstić information content (AvgIpc) is 3.22. The van der Waals surface area contributed by atoms with Crippen molar-refractivity contribution in [3.05, 3.63) is 59.7 Å². The maximum atomic E-state index is 12.7. The van der Waals surface area contributed by atoms with Crippen molar-refractivity contribution in [3.8, 4) is 0 Å². The van der Waals surface area contributed by atoms with Gasteiger partial charge in [0.25, 0.3) is 0 Å². The third kappa shape index (κ3) is 3.40. The minimum atomic E-state index is -0.499. The maximum Gasteiger partial charge on any atom is 0.329 e. The molecule has 0 spiro atoms. The number of benzene rings is 2. The van der Waals surface area contributed by atoms with Crippen LogP contribution >= 0.6 is 23.6 Å². The Kier molecular flexibility index (Phi) is 4.80. The highest BCUT2D eigenvalue weighted by Gasteiger charge is 2.40. The molecular weight excluding hydrogens is 378 g/mol. The summed E-state index contributed by atoms with van der Waals surface area (Å²) in [6.45, 7) is 2.53. The molecular formula is C20H19N3O2S2. The molecule has 2 heterocycles. The molecule has 3 aromatic rings. The summed E-state index contributed by atoms with van der Waals surface area (Å²) in [5, 5.41) is 1.02. The number of hydrogen-bond acceptors (Lipinski definition) is 5. The van der Waals surface area contributed by atoms with Crippen LogP contribution < -0.4 is 4.90 Å². The van der Waals surface area contributed by atoms with E-state index >= 15 is 0 Å². The minimum Gasteiger partial charge on any atom is -0.457 e. The first-order valence-corrected chi connectivity index (χ1v) is 9.99. The zero-order valence-corrected chi connectivity index (χ0v) is 16.7. The molecule has 0 N–H and O–H groups in total. The highest BCUT2D eigenvalue weighted by molar-refractivity contribution is 7.80. The molecule has 1 saturated heterocycles. The second-order valence-electron chi connectivity index (χ2n) is 6.41. The van der Waals surface area contributed by atoms with Crippen molar-refractivity contribution in [2.75, 3.05) is 18.5 Å². The van der Waals surface area contributed by atoms with Crippen molar-refractivity contribution in [2.45, 2.75) is 19.6 Å². The van der Waals surface area contributed by atoms with Crippen LogP contribution in [0.5, 0.6) is 0 Å². The molecule has 1 fully saturated rings. The van der Waals surface area contributed by atoms with Crippen molar-refractivity contribution in [1.29, 1.82) is 0 Å². The van der Waals surface area contributed by atoms with E-state index in [0.29, 0.717) is 16.7 Å². The van der Waals surface area contributed by atoms with E-state index in [1.54, 1.807) is 16.8 Å². The van der Waals surface area contributed by atoms with Gasteiger partial charge in [-0.25, -0.2) is 14.7 Å². The van der Waals surface area contributed by atoms with Gasteiger partial charge in [-0.2, -0.15) is 0 Å². The van der Waals surface area contributed by atoms with Gasteiger partial charge in [-0.1, -0.05) is 48.6 Å². The number of amides is 2. The summed E-state index contributed by atoms with van der Waals surface area (Å²) >= 11 is 6.99. The standard InChI is InChI=1S/C20H19N3O2S2/c1-3-13-7-6-8-14(11-13)18(26)25-17-12-22(2)20(24)23(17)19-21-15-9-4-5-10-16(15)27-19/h4-11,17H,3,12H2,1-2H3. The lowest BCUT2D eigenvalue weighted by Crippen LogP contribution is -2.37. The molecule has 0 aliphatic carbocycles. The number of likely N-dealkylation sites (N-methyl/N-ethyl adjacent to an activating group) is 1. The number of rotatable bonds is 4. The van der Waals surface area contributed by atoms with Gasteiger partial charge in [-0.3, -0.25) is 0 Å². The van der Waals surface area contributed by atoms with Crippen LogP contribution in [0.4, 0.5) is 9.93 Å². The van der Waals surface area contributed by atoms with Gasteiger partial charge >= 0.3 is 6.03 Å². The fourth-order valence-electron chi connectivity index (χ4n) is 3.07. The van der Waals surface area contributed by atoms with Crippen LogP contribution in [-0.2, 0) is 11.2 Å². The molecule has 1 aliphatic rings. The molecule has 0 radical (unpaired) electrons. The summed E-state index contributed by atoms with van der Waals surface area (Å²) in [7, 11) is 1.76. The fourth-order valence-corrected chi connectivity index (χ4v) is 4.31. The maximum absolute atomic E-state index is 12.7. The van der Waals surface area contributed by atoms with E-state index in [0.717, 1.165) is 22.2 Å². The quantitative estimate of drug-likeness (QED) is 0.610. The number of ether oxygens (including phenoxy) is 1. The molecule has 5 nitrogen and oxygen atoms in total. The lowest BCUT2D eigenvalue weighted by Gasteiger charge is -2.21. The van der Waals surface area contributed by atoms with Gasteiger partial charge in [0.1, 0.15) is 0 Å². The van der Waals surface area contributed by atoms with E-state index in [1.807, 2.05) is 42.5 Å². The number of nitrogens with zero attached hydrogens (tertiary/aromatic N) is 3. The average molecular weight is 398 g/mol. The van der Waals surface area contributed by atoms with Crippen molar-refractivity contribution in [1.82, 2.24) is 9.88 Å². The summed E-state index contributed by atoms with van der Waals surface area (Å²) in [6.07, 6.45) is 0.430. The zero-order chi connectivity index (χ0) is 19.0. The van der Waals surface area contributed by atoms with Gasteiger partial charge in [0.05, 0.1) is 16.8 Å². The second kappa shape index (κ2) is 7.25. The molecule has 138 valence electrons. The van der Waals surface area contributed by atoms with Gasteiger partial charge in [-0.15, -0.1) is 0 Å². The van der Waals surface area contributed by atoms with Crippen LogP contribution in [0.2, 0.25) is 0 Å². The Hall–Kier alpha value is -2.51. The number of carbonyl (C=O) groups excluding carboxylic acids is 1. The van der Waals surface area contributed by atoms with Crippen LogP contribution in [0, 0.1) is 0 Å². The monoisotopic (exact) mass is 397 g/mol. The molecule has 1 aliphatic heterocycles. The van der Waals surface area contributed by atoms with Crippen molar-refractivity contribution in [3.63, 3.8) is 0 Å². The number of carbonyl (C=O) groups is 1. The van der Waals surface area contributed by atoms with Crippen LogP contribution in [0.25, 0.3) is 10.2 Å². The Bertz CT molecular complexity index is 984. The summed E-state index contributed by atoms with van der Waals surface area (Å²) in [6, 6.07) is 15.7. The van der Waals surface area contributed by atoms with Crippen molar-refractivity contribution < 1.29 is 9.53 Å². The first-order valence-electron chi connectivity index (χ1n) is 8.76. The Labute approximate surface area is 167 Å². The van der Waals surface area contributed by atoms with E-state index in [9.17, 15) is 4.79 Å². The molecule has 1 aromatic heterocycles. The summed E-state index contributed by atoms with van der Waals surface area (Å²) in [5.74, 6) is 0. The smallest absolute Gasteiger partial charge is 0.329 e. The number of thiocarbonyl (C=S) groups is 1. The molecule has 2 aromatic carbocycles. The first-order chi connectivity index (χ1) is 13.1. The fraction of sp³-hybridized carbons (Fsp3) is 0.250. The van der Waals surface area contributed by atoms with Crippen LogP contribution in [0.15, 0.2) is 48.5 Å². The number of fused-ring (bicyclic) bond motifs is 1. The van der Waals surface area contributed by atoms with Gasteiger partial charge in [0.2, 0.25) is 6.23 Å². The predicted octanol–water partition coefficient (Wildman–Crippen LogP) is 4.45. The number of aromatic nitrogens is 1. The van der Waals surface area contributed by atoms with E-state index in [4.69, 9.17) is 17.0 Å². The van der Waals surface area contributed by atoms with Gasteiger partial charge in [0, 0.05) is 12.6 Å². The normalized spacial score (nSPS) is 17.0. The Balaban J connectivity index is 1.62. The number of urea groups is 1. The van der Waals surface area contributed by atoms with Gasteiger partial charge in [-0.05, 0) is 42.4 Å². The van der Waals surface area contributed by atoms with E-state index in [-0.39, 0.29) is 6.03 Å². The Morgan fingerprint density at radius 3 is 2.89 bits per heavy atom. The van der Waals surface area contributed by atoms with Crippen LogP contribution in [0.3, 0.4) is 0 Å². The molecule has 0 bridgehead atoms. The lowest BCUT2D eigenvalue weighted by molar-refractivity contribution is 0.202. The predicted molar refractivity (Wildman–Crippen MR) is 113 cm³/mol. The number of para-hydroxylation sites is 1. The molecule has 7 heteroatoms. The van der Waals surface area contributed by atoms with Crippen molar-refractivity contribution in [2.24, 2.45) is 0 Å². The van der Waals surface area contributed by atoms with Crippen LogP contribution in [0.1, 0.15) is 18.1 Å². The van der Waals surface area contributed by atoms with Crippen LogP contribution in [-0.4, -0.2) is 40.8 Å². The molecule has 27 heavy (non-hydrogen) atoms. The number of thiazole rings is 1. The SMILES string of the molecule is CCc1cccc(C(=S)OC2CN(C)C(=O)N2c2nc3ccccc3s2)c1. The largest absolute Gasteiger partial charge is 0.457 e. The zero-order valence-electron chi connectivity index (χ0n) is 15.1. The van der Waals surface area contributed by atoms with E-state index in [2.05, 4.69) is 18.0 Å². The molecule has 1 unspecified atom stereocenters. The molecule has 1 atom stereocenters. The van der Waals surface area contributed by atoms with Gasteiger partial charge in [0.15, 0.2) is 10.2 Å². The minimum absolute atomic E-state index is 0.135. The lowest BCUT2D eigenvalue weighted by atomic mass is 10.1. The topological polar surface area (TPSA) is 45.7 Å². The summed E-state index contributed by atoms with van der Waals surface area (Å²) in [4.78, 5) is 20.5. The summed E-state index contributed by atoms with van der Waals surface area (Å²) < 4.78 is 7.10. The van der Waals surface area contributed by atoms with E-state index < -0.39 is 6.23 Å². The molecule has 2 amide bonds. The van der Waals surface area contributed by atoms with E-state index in [1.165, 1.54) is 16.9 Å². The highest BCUT2D eigenvalue weighted by atomic mass is 32.1. The second-order valence-corrected chi connectivity index (χ2v) is 7.79. The van der Waals surface area contributed by atoms with Crippen molar-refractivity contribution >= 4 is 50.0 Å².